The van der Waals surface area contributed by atoms with Gasteiger partial charge in [0.25, 0.3) is 0 Å². The maximum absolute atomic E-state index is 13.6. The number of Topliss-reactive ketones (excluding diaryl/α,β-unsaturated/α-hetero) is 1. The second kappa shape index (κ2) is 8.10. The Hall–Kier alpha value is -1.46. The van der Waals surface area contributed by atoms with E-state index in [-0.39, 0.29) is 23.1 Å². The van der Waals surface area contributed by atoms with Gasteiger partial charge in [-0.05, 0) is 32.4 Å². The number of hydrogen-bond donors (Lipinski definition) is 1. The van der Waals surface area contributed by atoms with E-state index in [0.29, 0.717) is 25.3 Å². The van der Waals surface area contributed by atoms with Crippen molar-refractivity contribution in [1.29, 1.82) is 0 Å². The largest absolute Gasteiger partial charge is 0.507 e. The van der Waals surface area contributed by atoms with Gasteiger partial charge in [0.1, 0.15) is 11.6 Å². The summed E-state index contributed by atoms with van der Waals surface area (Å²) in [4.78, 5) is 13.6. The average molecular weight is 297 g/mol. The number of phenols is 1. The van der Waals surface area contributed by atoms with Crippen molar-refractivity contribution in [2.24, 2.45) is 0 Å². The molecule has 0 aromatic heterocycles. The first-order chi connectivity index (χ1) is 9.90. The van der Waals surface area contributed by atoms with Crippen LogP contribution in [0.25, 0.3) is 0 Å². The van der Waals surface area contributed by atoms with E-state index in [0.717, 1.165) is 12.5 Å². The van der Waals surface area contributed by atoms with Gasteiger partial charge < -0.3 is 9.84 Å². The number of hydrogen-bond acceptors (Lipinski definition) is 4. The number of benzene rings is 1. The normalized spacial score (nSPS) is 12.7. The number of ether oxygens (including phenoxy) is 1. The molecule has 0 saturated heterocycles. The van der Waals surface area contributed by atoms with Crippen molar-refractivity contribution in [3.8, 4) is 5.75 Å². The molecule has 5 heteroatoms. The molecule has 1 atom stereocenters. The topological polar surface area (TPSA) is 49.8 Å². The molecule has 0 heterocycles. The molecule has 1 rings (SSSR count). The number of halogens is 1. The summed E-state index contributed by atoms with van der Waals surface area (Å²) in [6.07, 6.45) is 0.930. The third-order valence-electron chi connectivity index (χ3n) is 3.70. The van der Waals surface area contributed by atoms with Crippen LogP contribution in [0, 0.1) is 5.82 Å². The smallest absolute Gasteiger partial charge is 0.163 e. The highest BCUT2D eigenvalue weighted by atomic mass is 19.1. The molecule has 4 nitrogen and oxygen atoms in total. The third-order valence-corrected chi connectivity index (χ3v) is 3.70. The van der Waals surface area contributed by atoms with Crippen LogP contribution < -0.4 is 0 Å². The van der Waals surface area contributed by atoms with Gasteiger partial charge in [-0.2, -0.15) is 0 Å². The molecule has 118 valence electrons. The molecule has 0 bridgehead atoms. The Labute approximate surface area is 125 Å². The number of methoxy groups -OCH3 is 1. The number of phenolic OH excluding ortho intramolecular Hbond substituents is 1. The molecule has 0 aliphatic rings. The van der Waals surface area contributed by atoms with Gasteiger partial charge in [-0.3, -0.25) is 9.69 Å². The van der Waals surface area contributed by atoms with Gasteiger partial charge in [0.15, 0.2) is 5.78 Å². The number of rotatable bonds is 8. The van der Waals surface area contributed by atoms with E-state index < -0.39 is 5.82 Å². The van der Waals surface area contributed by atoms with Gasteiger partial charge in [-0.25, -0.2) is 4.39 Å². The van der Waals surface area contributed by atoms with Crippen molar-refractivity contribution in [2.45, 2.75) is 39.8 Å². The lowest BCUT2D eigenvalue weighted by atomic mass is 10.0. The number of carbonyl (C=O) groups is 1. The standard InChI is InChI=1S/C16H24FNO3/c1-5-11(2)18(6-7-21-4)10-13-8-14(17)9-15(12(3)19)16(13)20/h8-9,11,20H,5-7,10H2,1-4H3. The summed E-state index contributed by atoms with van der Waals surface area (Å²) < 4.78 is 18.7. The average Bonchev–Trinajstić information content (AvgIpc) is 2.45. The predicted octanol–water partition coefficient (Wildman–Crippen LogP) is 2.98. The van der Waals surface area contributed by atoms with Crippen LogP contribution in [0.5, 0.6) is 5.75 Å². The van der Waals surface area contributed by atoms with Crippen LogP contribution in [0.3, 0.4) is 0 Å². The van der Waals surface area contributed by atoms with Crippen LogP contribution in [-0.2, 0) is 11.3 Å². The van der Waals surface area contributed by atoms with Gasteiger partial charge in [0.2, 0.25) is 0 Å². The fourth-order valence-corrected chi connectivity index (χ4v) is 2.19. The minimum absolute atomic E-state index is 0.0286. The summed E-state index contributed by atoms with van der Waals surface area (Å²) in [6, 6.07) is 2.62. The zero-order valence-corrected chi connectivity index (χ0v) is 13.1. The first kappa shape index (κ1) is 17.6. The molecule has 0 aliphatic heterocycles. The van der Waals surface area contributed by atoms with Gasteiger partial charge in [-0.15, -0.1) is 0 Å². The summed E-state index contributed by atoms with van der Waals surface area (Å²) in [7, 11) is 1.63. The van der Waals surface area contributed by atoms with Crippen molar-refractivity contribution in [3.63, 3.8) is 0 Å². The molecule has 0 amide bonds. The van der Waals surface area contributed by atoms with Crippen molar-refractivity contribution in [1.82, 2.24) is 4.90 Å². The molecule has 1 aromatic rings. The van der Waals surface area contributed by atoms with E-state index in [1.54, 1.807) is 7.11 Å². The van der Waals surface area contributed by atoms with Gasteiger partial charge in [-0.1, -0.05) is 6.92 Å². The fourth-order valence-electron chi connectivity index (χ4n) is 2.19. The van der Waals surface area contributed by atoms with E-state index in [4.69, 9.17) is 4.74 Å². The molecule has 0 spiro atoms. The SMILES string of the molecule is CCC(C)N(CCOC)Cc1cc(F)cc(C(C)=O)c1O. The maximum Gasteiger partial charge on any atom is 0.163 e. The summed E-state index contributed by atoms with van der Waals surface area (Å²) in [5, 5.41) is 10.2. The van der Waals surface area contributed by atoms with Gasteiger partial charge in [0, 0.05) is 31.8 Å². The zero-order valence-electron chi connectivity index (χ0n) is 13.1. The van der Waals surface area contributed by atoms with Crippen molar-refractivity contribution >= 4 is 5.78 Å². The Morgan fingerprint density at radius 2 is 2.14 bits per heavy atom. The summed E-state index contributed by atoms with van der Waals surface area (Å²) >= 11 is 0. The van der Waals surface area contributed by atoms with Gasteiger partial charge in [0.05, 0.1) is 12.2 Å². The molecule has 0 fully saturated rings. The zero-order chi connectivity index (χ0) is 16.0. The Kier molecular flexibility index (Phi) is 6.78. The lowest BCUT2D eigenvalue weighted by Crippen LogP contribution is -2.35. The van der Waals surface area contributed by atoms with E-state index in [2.05, 4.69) is 18.7 Å². The van der Waals surface area contributed by atoms with Crippen LogP contribution in [0.15, 0.2) is 12.1 Å². The quantitative estimate of drug-likeness (QED) is 0.749. The fraction of sp³-hybridized carbons (Fsp3) is 0.562. The molecule has 1 unspecified atom stereocenters. The highest BCUT2D eigenvalue weighted by Crippen LogP contribution is 2.26. The van der Waals surface area contributed by atoms with Crippen molar-refractivity contribution in [2.75, 3.05) is 20.3 Å². The predicted molar refractivity (Wildman–Crippen MR) is 80.1 cm³/mol. The first-order valence-electron chi connectivity index (χ1n) is 7.16. The lowest BCUT2D eigenvalue weighted by molar-refractivity contribution is 0.101. The minimum Gasteiger partial charge on any atom is -0.507 e. The Morgan fingerprint density at radius 3 is 2.67 bits per heavy atom. The molecular formula is C16H24FNO3. The summed E-state index contributed by atoms with van der Waals surface area (Å²) in [6.45, 7) is 7.06. The van der Waals surface area contributed by atoms with E-state index >= 15 is 0 Å². The lowest BCUT2D eigenvalue weighted by Gasteiger charge is -2.28. The van der Waals surface area contributed by atoms with Crippen LogP contribution in [0.4, 0.5) is 4.39 Å². The monoisotopic (exact) mass is 297 g/mol. The highest BCUT2D eigenvalue weighted by Gasteiger charge is 2.18. The van der Waals surface area contributed by atoms with Crippen LogP contribution in [0.2, 0.25) is 0 Å². The second-order valence-electron chi connectivity index (χ2n) is 5.24. The molecule has 0 radical (unpaired) electrons. The van der Waals surface area contributed by atoms with Crippen molar-refractivity contribution in [3.05, 3.63) is 29.1 Å². The maximum atomic E-state index is 13.6. The van der Waals surface area contributed by atoms with Crippen molar-refractivity contribution < 1.29 is 19.0 Å². The Bertz CT molecular complexity index is 491. The van der Waals surface area contributed by atoms with E-state index in [9.17, 15) is 14.3 Å². The number of aromatic hydroxyl groups is 1. The number of ketones is 1. The van der Waals surface area contributed by atoms with Crippen LogP contribution >= 0.6 is 0 Å². The first-order valence-corrected chi connectivity index (χ1v) is 7.16. The Morgan fingerprint density at radius 1 is 1.48 bits per heavy atom. The second-order valence-corrected chi connectivity index (χ2v) is 5.24. The van der Waals surface area contributed by atoms with E-state index in [1.165, 1.54) is 13.0 Å². The number of nitrogens with zero attached hydrogens (tertiary/aromatic N) is 1. The minimum atomic E-state index is -0.510. The Balaban J connectivity index is 3.05. The van der Waals surface area contributed by atoms with E-state index in [1.807, 2.05) is 0 Å². The molecule has 0 saturated carbocycles. The summed E-state index contributed by atoms with van der Waals surface area (Å²) in [5.41, 5.74) is 0.456. The molecular weight excluding hydrogens is 273 g/mol. The third kappa shape index (κ3) is 4.79. The molecule has 1 N–H and O–H groups in total. The van der Waals surface area contributed by atoms with Crippen LogP contribution in [-0.4, -0.2) is 42.1 Å². The van der Waals surface area contributed by atoms with Crippen LogP contribution in [0.1, 0.15) is 43.1 Å². The molecule has 21 heavy (non-hydrogen) atoms. The summed E-state index contributed by atoms with van der Waals surface area (Å²) in [5.74, 6) is -0.987. The number of carbonyl (C=O) groups excluding carboxylic acids is 1. The molecule has 0 aliphatic carbocycles. The molecule has 1 aromatic carbocycles. The van der Waals surface area contributed by atoms with Gasteiger partial charge >= 0.3 is 0 Å². The highest BCUT2D eigenvalue weighted by molar-refractivity contribution is 5.97.